The quantitative estimate of drug-likeness (QED) is 0.783. The fourth-order valence-corrected chi connectivity index (χ4v) is 1.36. The molecule has 0 aliphatic carbocycles. The van der Waals surface area contributed by atoms with Gasteiger partial charge in [0, 0.05) is 6.54 Å². The highest BCUT2D eigenvalue weighted by Crippen LogP contribution is 2.02. The number of ether oxygens (including phenoxy) is 2. The summed E-state index contributed by atoms with van der Waals surface area (Å²) < 4.78 is 32.2. The van der Waals surface area contributed by atoms with E-state index in [1.807, 2.05) is 0 Å². The third-order valence-corrected chi connectivity index (χ3v) is 2.23. The summed E-state index contributed by atoms with van der Waals surface area (Å²) in [4.78, 5) is 22.3. The SMILES string of the molecule is NC(=O)O[C@H](COC(F)F)C(=O)NCc1ccccc1. The predicted octanol–water partition coefficient (Wildman–Crippen LogP) is 1.01. The van der Waals surface area contributed by atoms with Crippen molar-refractivity contribution in [3.63, 3.8) is 0 Å². The fourth-order valence-electron chi connectivity index (χ4n) is 1.36. The van der Waals surface area contributed by atoms with E-state index in [9.17, 15) is 18.4 Å². The van der Waals surface area contributed by atoms with Crippen molar-refractivity contribution in [1.29, 1.82) is 0 Å². The maximum absolute atomic E-state index is 11.9. The second-order valence-corrected chi connectivity index (χ2v) is 3.72. The number of alkyl halides is 2. The third kappa shape index (κ3) is 6.10. The summed E-state index contributed by atoms with van der Waals surface area (Å²) in [5.41, 5.74) is 5.56. The molecule has 1 rings (SSSR count). The monoisotopic (exact) mass is 288 g/mol. The van der Waals surface area contributed by atoms with E-state index in [4.69, 9.17) is 5.73 Å². The Kier molecular flexibility index (Phi) is 6.38. The normalized spacial score (nSPS) is 11.9. The van der Waals surface area contributed by atoms with E-state index in [-0.39, 0.29) is 6.54 Å². The van der Waals surface area contributed by atoms with Crippen molar-refractivity contribution in [2.24, 2.45) is 5.73 Å². The van der Waals surface area contributed by atoms with E-state index < -0.39 is 31.3 Å². The standard InChI is InChI=1S/C12H14F2N2O4/c13-11(14)19-7-9(20-12(15)18)10(17)16-6-8-4-2-1-3-5-8/h1-5,9,11H,6-7H2,(H2,15,18)(H,16,17)/t9-/m1/s1. The molecule has 0 fully saturated rings. The Balaban J connectivity index is 2.51. The summed E-state index contributed by atoms with van der Waals surface area (Å²) in [5.74, 6) is -0.770. The second kappa shape index (κ2) is 8.05. The minimum atomic E-state index is -3.07. The lowest BCUT2D eigenvalue weighted by atomic mass is 10.2. The van der Waals surface area contributed by atoms with Crippen molar-refractivity contribution >= 4 is 12.0 Å². The molecule has 0 spiro atoms. The Morgan fingerprint density at radius 3 is 2.45 bits per heavy atom. The van der Waals surface area contributed by atoms with Crippen molar-refractivity contribution in [1.82, 2.24) is 5.32 Å². The molecular weight excluding hydrogens is 274 g/mol. The molecule has 2 amide bonds. The maximum atomic E-state index is 11.9. The van der Waals surface area contributed by atoms with Crippen LogP contribution in [0.25, 0.3) is 0 Å². The molecule has 8 heteroatoms. The van der Waals surface area contributed by atoms with Crippen LogP contribution in [0, 0.1) is 0 Å². The smallest absolute Gasteiger partial charge is 0.405 e. The number of nitrogens with one attached hydrogen (secondary N) is 1. The minimum absolute atomic E-state index is 0.160. The Morgan fingerprint density at radius 2 is 1.90 bits per heavy atom. The Bertz CT molecular complexity index is 442. The topological polar surface area (TPSA) is 90.7 Å². The highest BCUT2D eigenvalue weighted by Gasteiger charge is 2.23. The van der Waals surface area contributed by atoms with Crippen LogP contribution >= 0.6 is 0 Å². The lowest BCUT2D eigenvalue weighted by Crippen LogP contribution is -2.41. The Hall–Kier alpha value is -2.22. The molecule has 6 nitrogen and oxygen atoms in total. The number of hydrogen-bond donors (Lipinski definition) is 2. The van der Waals surface area contributed by atoms with Crippen LogP contribution in [0.1, 0.15) is 5.56 Å². The average molecular weight is 288 g/mol. The second-order valence-electron chi connectivity index (χ2n) is 3.72. The van der Waals surface area contributed by atoms with Crippen LogP contribution in [-0.2, 0) is 20.8 Å². The molecule has 0 aliphatic rings. The zero-order valence-corrected chi connectivity index (χ0v) is 10.4. The van der Waals surface area contributed by atoms with Crippen LogP contribution in [0.3, 0.4) is 0 Å². The maximum Gasteiger partial charge on any atom is 0.405 e. The van der Waals surface area contributed by atoms with Crippen LogP contribution in [0.15, 0.2) is 30.3 Å². The van der Waals surface area contributed by atoms with E-state index >= 15 is 0 Å². The highest BCUT2D eigenvalue weighted by molar-refractivity contribution is 5.83. The molecule has 1 aromatic rings. The van der Waals surface area contributed by atoms with Gasteiger partial charge in [0.15, 0.2) is 0 Å². The van der Waals surface area contributed by atoms with Gasteiger partial charge in [0.1, 0.15) is 0 Å². The number of nitrogens with two attached hydrogens (primary N) is 1. The molecule has 3 N–H and O–H groups in total. The summed E-state index contributed by atoms with van der Waals surface area (Å²) in [7, 11) is 0. The van der Waals surface area contributed by atoms with Crippen molar-refractivity contribution < 1.29 is 27.8 Å². The third-order valence-electron chi connectivity index (χ3n) is 2.23. The summed E-state index contributed by atoms with van der Waals surface area (Å²) in [6, 6.07) is 8.89. The molecule has 0 heterocycles. The molecule has 20 heavy (non-hydrogen) atoms. The molecule has 1 aromatic carbocycles. The van der Waals surface area contributed by atoms with E-state index in [0.29, 0.717) is 0 Å². The molecule has 0 saturated carbocycles. The molecule has 0 bridgehead atoms. The average Bonchev–Trinajstić information content (AvgIpc) is 2.41. The number of amides is 2. The summed E-state index contributed by atoms with van der Waals surface area (Å²) >= 11 is 0. The van der Waals surface area contributed by atoms with Gasteiger partial charge in [0.05, 0.1) is 6.61 Å². The van der Waals surface area contributed by atoms with Gasteiger partial charge in [0.2, 0.25) is 6.10 Å². The molecule has 1 atom stereocenters. The lowest BCUT2D eigenvalue weighted by Gasteiger charge is -2.16. The first kappa shape index (κ1) is 15.8. The first-order valence-corrected chi connectivity index (χ1v) is 5.66. The predicted molar refractivity (Wildman–Crippen MR) is 64.7 cm³/mol. The number of benzene rings is 1. The molecule has 0 aliphatic heterocycles. The number of rotatable bonds is 7. The number of primary amides is 1. The van der Waals surface area contributed by atoms with Gasteiger partial charge in [0.25, 0.3) is 5.91 Å². The first-order chi connectivity index (χ1) is 9.49. The van der Waals surface area contributed by atoms with Gasteiger partial charge in [-0.2, -0.15) is 8.78 Å². The lowest BCUT2D eigenvalue weighted by molar-refractivity contribution is -0.158. The van der Waals surface area contributed by atoms with Gasteiger partial charge in [-0.1, -0.05) is 30.3 Å². The van der Waals surface area contributed by atoms with Crippen molar-refractivity contribution in [3.8, 4) is 0 Å². The van der Waals surface area contributed by atoms with Gasteiger partial charge in [-0.3, -0.25) is 4.79 Å². The first-order valence-electron chi connectivity index (χ1n) is 5.66. The molecular formula is C12H14F2N2O4. The minimum Gasteiger partial charge on any atom is -0.434 e. The Labute approximate surface area is 113 Å². The van der Waals surface area contributed by atoms with Gasteiger partial charge in [-0.05, 0) is 5.56 Å². The summed E-state index contributed by atoms with van der Waals surface area (Å²) in [5, 5.41) is 2.43. The molecule has 110 valence electrons. The van der Waals surface area contributed by atoms with Crippen molar-refractivity contribution in [2.75, 3.05) is 6.61 Å². The van der Waals surface area contributed by atoms with Gasteiger partial charge in [-0.15, -0.1) is 0 Å². The number of carbonyl (C=O) groups is 2. The van der Waals surface area contributed by atoms with Crippen molar-refractivity contribution in [3.05, 3.63) is 35.9 Å². The largest absolute Gasteiger partial charge is 0.434 e. The molecule has 0 unspecified atom stereocenters. The zero-order valence-electron chi connectivity index (χ0n) is 10.4. The number of carbonyl (C=O) groups excluding carboxylic acids is 2. The van der Waals surface area contributed by atoms with E-state index in [1.165, 1.54) is 0 Å². The van der Waals surface area contributed by atoms with E-state index in [2.05, 4.69) is 14.8 Å². The van der Waals surface area contributed by atoms with Gasteiger partial charge >= 0.3 is 12.7 Å². The molecule has 0 aromatic heterocycles. The highest BCUT2D eigenvalue weighted by atomic mass is 19.3. The number of halogens is 2. The summed E-state index contributed by atoms with van der Waals surface area (Å²) in [6.45, 7) is -3.69. The van der Waals surface area contributed by atoms with E-state index in [1.54, 1.807) is 30.3 Å². The fraction of sp³-hybridized carbons (Fsp3) is 0.333. The van der Waals surface area contributed by atoms with Crippen LogP contribution in [0.2, 0.25) is 0 Å². The molecule has 0 radical (unpaired) electrons. The van der Waals surface area contributed by atoms with Crippen LogP contribution in [-0.4, -0.2) is 31.3 Å². The van der Waals surface area contributed by atoms with Gasteiger partial charge in [-0.25, -0.2) is 4.79 Å². The van der Waals surface area contributed by atoms with E-state index in [0.717, 1.165) is 5.56 Å². The Morgan fingerprint density at radius 1 is 1.25 bits per heavy atom. The molecule has 0 saturated heterocycles. The van der Waals surface area contributed by atoms with Crippen LogP contribution in [0.4, 0.5) is 13.6 Å². The van der Waals surface area contributed by atoms with Crippen molar-refractivity contribution in [2.45, 2.75) is 19.3 Å². The van der Waals surface area contributed by atoms with Crippen LogP contribution in [0.5, 0.6) is 0 Å². The number of hydrogen-bond acceptors (Lipinski definition) is 4. The zero-order chi connectivity index (χ0) is 15.0. The van der Waals surface area contributed by atoms with Crippen LogP contribution < -0.4 is 11.1 Å². The van der Waals surface area contributed by atoms with Gasteiger partial charge < -0.3 is 20.5 Å². The summed E-state index contributed by atoms with van der Waals surface area (Å²) in [6.07, 6.45) is -2.77.